The van der Waals surface area contributed by atoms with Crippen molar-refractivity contribution in [1.29, 1.82) is 0 Å². The minimum absolute atomic E-state index is 0.145. The van der Waals surface area contributed by atoms with Gasteiger partial charge in [-0.05, 0) is 25.1 Å². The zero-order valence-electron chi connectivity index (χ0n) is 16.0. The lowest BCUT2D eigenvalue weighted by atomic mass is 10.1. The lowest BCUT2D eigenvalue weighted by Gasteiger charge is -2.38. The van der Waals surface area contributed by atoms with Crippen molar-refractivity contribution in [3.63, 3.8) is 0 Å². The monoisotopic (exact) mass is 413 g/mol. The summed E-state index contributed by atoms with van der Waals surface area (Å²) < 4.78 is 1.69. The fourth-order valence-corrected chi connectivity index (χ4v) is 3.89. The first kappa shape index (κ1) is 19.2. The quantitative estimate of drug-likeness (QED) is 0.697. The topological polar surface area (TPSA) is 91.6 Å². The zero-order valence-corrected chi connectivity index (χ0v) is 16.8. The van der Waals surface area contributed by atoms with Gasteiger partial charge in [0.25, 0.3) is 5.91 Å². The molecule has 9 heteroatoms. The van der Waals surface area contributed by atoms with Crippen LogP contribution in [0.3, 0.4) is 0 Å². The maximum absolute atomic E-state index is 13.0. The highest BCUT2D eigenvalue weighted by atomic mass is 35.5. The normalized spacial score (nSPS) is 17.0. The molecule has 0 radical (unpaired) electrons. The Balaban J connectivity index is 1.64. The third kappa shape index (κ3) is 3.63. The average Bonchev–Trinajstić information content (AvgIpc) is 3.13. The highest BCUT2D eigenvalue weighted by Gasteiger charge is 2.30. The molecular weight excluding hydrogens is 394 g/mol. The van der Waals surface area contributed by atoms with E-state index in [2.05, 4.69) is 10.1 Å². The summed E-state index contributed by atoms with van der Waals surface area (Å²) in [5, 5.41) is 14.7. The number of fused-ring (bicyclic) bond motifs is 1. The summed E-state index contributed by atoms with van der Waals surface area (Å²) in [6.07, 6.45) is 2.60. The smallest absolute Gasteiger partial charge is 0.407 e. The molecule has 0 saturated carbocycles. The van der Waals surface area contributed by atoms with Crippen LogP contribution in [-0.4, -0.2) is 67.3 Å². The second-order valence-electron chi connectivity index (χ2n) is 7.20. The predicted octanol–water partition coefficient (Wildman–Crippen LogP) is 3.11. The molecule has 2 amide bonds. The van der Waals surface area contributed by atoms with Crippen molar-refractivity contribution in [2.75, 3.05) is 19.6 Å². The molecule has 150 valence electrons. The summed E-state index contributed by atoms with van der Waals surface area (Å²) in [7, 11) is 1.83. The van der Waals surface area contributed by atoms with E-state index < -0.39 is 6.09 Å². The van der Waals surface area contributed by atoms with Crippen molar-refractivity contribution in [2.45, 2.75) is 13.0 Å². The first-order valence-electron chi connectivity index (χ1n) is 9.21. The van der Waals surface area contributed by atoms with Gasteiger partial charge < -0.3 is 14.9 Å². The van der Waals surface area contributed by atoms with Gasteiger partial charge in [-0.2, -0.15) is 5.10 Å². The van der Waals surface area contributed by atoms with Gasteiger partial charge in [0.05, 0.1) is 22.4 Å². The molecule has 1 N–H and O–H groups in total. The molecule has 1 aliphatic heterocycles. The number of carbonyl (C=O) groups excluding carboxylic acids is 1. The van der Waals surface area contributed by atoms with Crippen LogP contribution in [0.2, 0.25) is 5.02 Å². The summed E-state index contributed by atoms with van der Waals surface area (Å²) in [6, 6.07) is 6.79. The predicted molar refractivity (Wildman–Crippen MR) is 109 cm³/mol. The van der Waals surface area contributed by atoms with Gasteiger partial charge in [-0.25, -0.2) is 9.78 Å². The van der Waals surface area contributed by atoms with Crippen LogP contribution in [0.1, 0.15) is 17.3 Å². The number of amides is 2. The van der Waals surface area contributed by atoms with Gasteiger partial charge in [0.15, 0.2) is 0 Å². The van der Waals surface area contributed by atoms with Gasteiger partial charge in [-0.1, -0.05) is 17.7 Å². The van der Waals surface area contributed by atoms with Gasteiger partial charge in [-0.3, -0.25) is 9.48 Å². The number of carbonyl (C=O) groups is 2. The molecule has 3 aromatic rings. The minimum atomic E-state index is -0.961. The van der Waals surface area contributed by atoms with Crippen LogP contribution in [0.4, 0.5) is 4.79 Å². The van der Waals surface area contributed by atoms with Crippen LogP contribution >= 0.6 is 11.6 Å². The van der Waals surface area contributed by atoms with E-state index in [1.807, 2.05) is 13.2 Å². The average molecular weight is 414 g/mol. The van der Waals surface area contributed by atoms with Crippen LogP contribution in [0.25, 0.3) is 22.2 Å². The zero-order chi connectivity index (χ0) is 20.7. The van der Waals surface area contributed by atoms with E-state index >= 15 is 0 Å². The fourth-order valence-electron chi connectivity index (χ4n) is 3.63. The standard InChI is InChI=1S/C20H20ClN5O3/c1-12-10-25(5-6-26(12)20(28)29)19(27)13-3-4-15-16(21)8-17(23-18(15)7-13)14-9-22-24(2)11-14/h3-4,7-9,11-12H,5-6,10H2,1-2H3,(H,28,29). The molecule has 0 bridgehead atoms. The molecule has 1 fully saturated rings. The van der Waals surface area contributed by atoms with Crippen molar-refractivity contribution in [2.24, 2.45) is 7.05 Å². The molecule has 3 heterocycles. The van der Waals surface area contributed by atoms with Crippen LogP contribution < -0.4 is 0 Å². The highest BCUT2D eigenvalue weighted by molar-refractivity contribution is 6.35. The number of carboxylic acid groups (broad SMARTS) is 1. The maximum Gasteiger partial charge on any atom is 0.407 e. The molecule has 1 unspecified atom stereocenters. The van der Waals surface area contributed by atoms with E-state index in [0.717, 1.165) is 10.9 Å². The Kier molecular flexibility index (Phi) is 4.87. The molecule has 29 heavy (non-hydrogen) atoms. The molecule has 1 aromatic carbocycles. The van der Waals surface area contributed by atoms with Gasteiger partial charge in [0.2, 0.25) is 0 Å². The number of aryl methyl sites for hydroxylation is 1. The fraction of sp³-hybridized carbons (Fsp3) is 0.300. The number of hydrogen-bond donors (Lipinski definition) is 1. The number of benzene rings is 1. The van der Waals surface area contributed by atoms with Crippen molar-refractivity contribution in [1.82, 2.24) is 24.6 Å². The highest BCUT2D eigenvalue weighted by Crippen LogP contribution is 2.29. The molecule has 1 aliphatic rings. The largest absolute Gasteiger partial charge is 0.465 e. The molecule has 1 saturated heterocycles. The van der Waals surface area contributed by atoms with Crippen molar-refractivity contribution in [3.05, 3.63) is 47.2 Å². The van der Waals surface area contributed by atoms with E-state index in [1.54, 1.807) is 47.0 Å². The van der Waals surface area contributed by atoms with Crippen molar-refractivity contribution in [3.8, 4) is 11.3 Å². The molecule has 0 aliphatic carbocycles. The second kappa shape index (κ2) is 7.36. The number of hydrogen-bond acceptors (Lipinski definition) is 4. The second-order valence-corrected chi connectivity index (χ2v) is 7.61. The summed E-state index contributed by atoms with van der Waals surface area (Å²) in [5.41, 5.74) is 2.65. The first-order chi connectivity index (χ1) is 13.8. The van der Waals surface area contributed by atoms with Crippen molar-refractivity contribution < 1.29 is 14.7 Å². The molecule has 2 aromatic heterocycles. The van der Waals surface area contributed by atoms with Gasteiger partial charge in [0.1, 0.15) is 0 Å². The van der Waals surface area contributed by atoms with Crippen LogP contribution in [-0.2, 0) is 7.05 Å². The van der Waals surface area contributed by atoms with E-state index in [0.29, 0.717) is 41.4 Å². The Morgan fingerprint density at radius 3 is 2.69 bits per heavy atom. The van der Waals surface area contributed by atoms with Crippen LogP contribution in [0, 0.1) is 0 Å². The molecule has 8 nitrogen and oxygen atoms in total. The summed E-state index contributed by atoms with van der Waals surface area (Å²) in [6.45, 7) is 2.81. The van der Waals surface area contributed by atoms with E-state index in [9.17, 15) is 14.7 Å². The number of nitrogens with zero attached hydrogens (tertiary/aromatic N) is 5. The minimum Gasteiger partial charge on any atom is -0.465 e. The molecule has 4 rings (SSSR count). The Labute approximate surface area is 172 Å². The Hall–Kier alpha value is -3.13. The van der Waals surface area contributed by atoms with Crippen LogP contribution in [0.15, 0.2) is 36.7 Å². The molecular formula is C20H20ClN5O3. The number of halogens is 1. The number of pyridine rings is 1. The van der Waals surface area contributed by atoms with Crippen LogP contribution in [0.5, 0.6) is 0 Å². The third-order valence-electron chi connectivity index (χ3n) is 5.17. The van der Waals surface area contributed by atoms with E-state index in [-0.39, 0.29) is 11.9 Å². The Bertz CT molecular complexity index is 1110. The van der Waals surface area contributed by atoms with Gasteiger partial charge >= 0.3 is 6.09 Å². The SMILES string of the molecule is CC1CN(C(=O)c2ccc3c(Cl)cc(-c4cnn(C)c4)nc3c2)CCN1C(=O)O. The third-order valence-corrected chi connectivity index (χ3v) is 5.48. The summed E-state index contributed by atoms with van der Waals surface area (Å²) in [4.78, 5) is 31.9. The molecule has 0 spiro atoms. The van der Waals surface area contributed by atoms with Crippen molar-refractivity contribution >= 4 is 34.5 Å². The molecule has 1 atom stereocenters. The van der Waals surface area contributed by atoms with Gasteiger partial charge in [0, 0.05) is 55.4 Å². The summed E-state index contributed by atoms with van der Waals surface area (Å²) >= 11 is 6.44. The number of rotatable bonds is 2. The lowest BCUT2D eigenvalue weighted by molar-refractivity contribution is 0.0507. The summed E-state index contributed by atoms with van der Waals surface area (Å²) in [5.74, 6) is -0.145. The first-order valence-corrected chi connectivity index (χ1v) is 9.59. The lowest BCUT2D eigenvalue weighted by Crippen LogP contribution is -2.55. The number of aromatic nitrogens is 3. The van der Waals surface area contributed by atoms with Gasteiger partial charge in [-0.15, -0.1) is 0 Å². The maximum atomic E-state index is 13.0. The van der Waals surface area contributed by atoms with E-state index in [4.69, 9.17) is 11.6 Å². The van der Waals surface area contributed by atoms with E-state index in [1.165, 1.54) is 4.90 Å². The number of piperazine rings is 1. The Morgan fingerprint density at radius 2 is 2.03 bits per heavy atom. The Morgan fingerprint density at radius 1 is 1.24 bits per heavy atom.